The quantitative estimate of drug-likeness (QED) is 0.780. The van der Waals surface area contributed by atoms with Gasteiger partial charge < -0.3 is 9.88 Å². The monoisotopic (exact) mass is 195 g/mol. The van der Waals surface area contributed by atoms with E-state index in [1.807, 2.05) is 25.3 Å². The van der Waals surface area contributed by atoms with Crippen LogP contribution in [0.15, 0.2) is 6.33 Å². The number of amides is 1. The number of hydrogen-bond acceptors (Lipinski definition) is 2. The van der Waals surface area contributed by atoms with Crippen LogP contribution < -0.4 is 5.32 Å². The average Bonchev–Trinajstić information content (AvgIpc) is 2.46. The van der Waals surface area contributed by atoms with Crippen molar-refractivity contribution in [1.29, 1.82) is 0 Å². The maximum atomic E-state index is 11.2. The highest BCUT2D eigenvalue weighted by molar-refractivity contribution is 5.75. The maximum absolute atomic E-state index is 11.2. The number of rotatable bonds is 4. The summed E-state index contributed by atoms with van der Waals surface area (Å²) < 4.78 is 2.00. The lowest BCUT2D eigenvalue weighted by molar-refractivity contribution is -0.121. The highest BCUT2D eigenvalue weighted by atomic mass is 16.1. The van der Waals surface area contributed by atoms with Gasteiger partial charge in [0.2, 0.25) is 5.91 Å². The molecule has 0 unspecified atom stereocenters. The topological polar surface area (TPSA) is 46.9 Å². The Balaban J connectivity index is 2.46. The molecule has 1 rings (SSSR count). The van der Waals surface area contributed by atoms with E-state index in [9.17, 15) is 4.79 Å². The zero-order valence-corrected chi connectivity index (χ0v) is 9.00. The maximum Gasteiger partial charge on any atom is 0.221 e. The fourth-order valence-corrected chi connectivity index (χ4v) is 1.28. The molecule has 14 heavy (non-hydrogen) atoms. The molecule has 4 heteroatoms. The van der Waals surface area contributed by atoms with Crippen LogP contribution in [-0.4, -0.2) is 22.0 Å². The third-order valence-electron chi connectivity index (χ3n) is 2.30. The van der Waals surface area contributed by atoms with E-state index in [1.165, 1.54) is 0 Å². The molecule has 1 aromatic heterocycles. The van der Waals surface area contributed by atoms with Crippen molar-refractivity contribution in [3.8, 4) is 0 Å². The first-order valence-corrected chi connectivity index (χ1v) is 4.90. The van der Waals surface area contributed by atoms with Crippen LogP contribution in [0.4, 0.5) is 0 Å². The Morgan fingerprint density at radius 3 is 2.79 bits per heavy atom. The highest BCUT2D eigenvalue weighted by Crippen LogP contribution is 2.04. The molecule has 1 N–H and O–H groups in total. The first-order chi connectivity index (χ1) is 6.65. The molecule has 1 aromatic rings. The number of imidazole rings is 1. The number of carbonyl (C=O) groups excluding carboxylic acids is 1. The molecule has 0 aliphatic carbocycles. The molecule has 0 saturated heterocycles. The molecule has 0 radical (unpaired) electrons. The van der Waals surface area contributed by atoms with Crippen molar-refractivity contribution in [3.63, 3.8) is 0 Å². The molecule has 1 heterocycles. The molecule has 78 valence electrons. The van der Waals surface area contributed by atoms with Gasteiger partial charge in [0.05, 0.1) is 12.0 Å². The molecule has 4 nitrogen and oxygen atoms in total. The lowest BCUT2D eigenvalue weighted by Gasteiger charge is -2.05. The third kappa shape index (κ3) is 2.58. The fraction of sp³-hybridized carbons (Fsp3) is 0.600. The Kier molecular flexibility index (Phi) is 3.68. The van der Waals surface area contributed by atoms with Crippen LogP contribution in [0.5, 0.6) is 0 Å². The minimum absolute atomic E-state index is 0.0956. The number of nitrogens with zero attached hydrogens (tertiary/aromatic N) is 2. The molecule has 0 fully saturated rings. The summed E-state index contributed by atoms with van der Waals surface area (Å²) in [5.74, 6) is 0.0956. The highest BCUT2D eigenvalue weighted by Gasteiger charge is 2.04. The van der Waals surface area contributed by atoms with E-state index in [4.69, 9.17) is 0 Å². The van der Waals surface area contributed by atoms with Gasteiger partial charge in [0.15, 0.2) is 0 Å². The van der Waals surface area contributed by atoms with E-state index in [2.05, 4.69) is 10.3 Å². The van der Waals surface area contributed by atoms with Crippen molar-refractivity contribution in [2.24, 2.45) is 0 Å². The van der Waals surface area contributed by atoms with Crippen LogP contribution in [0.1, 0.15) is 24.7 Å². The molecule has 0 saturated carbocycles. The Hall–Kier alpha value is -1.32. The van der Waals surface area contributed by atoms with E-state index in [0.29, 0.717) is 19.5 Å². The van der Waals surface area contributed by atoms with Crippen molar-refractivity contribution in [2.75, 3.05) is 6.54 Å². The molecule has 0 aliphatic rings. The Labute approximate surface area is 84.3 Å². The summed E-state index contributed by atoms with van der Waals surface area (Å²) >= 11 is 0. The lowest BCUT2D eigenvalue weighted by atomic mass is 10.3. The van der Waals surface area contributed by atoms with Gasteiger partial charge in [-0.3, -0.25) is 4.79 Å². The number of nitrogens with one attached hydrogen (secondary N) is 1. The minimum atomic E-state index is 0.0956. The Bertz CT molecular complexity index is 317. The molecule has 0 spiro atoms. The van der Waals surface area contributed by atoms with Crippen molar-refractivity contribution >= 4 is 5.91 Å². The lowest BCUT2D eigenvalue weighted by Crippen LogP contribution is -2.23. The van der Waals surface area contributed by atoms with Crippen LogP contribution in [0.3, 0.4) is 0 Å². The first kappa shape index (κ1) is 10.8. The second-order valence-corrected chi connectivity index (χ2v) is 3.31. The number of hydrogen-bond donors (Lipinski definition) is 1. The smallest absolute Gasteiger partial charge is 0.221 e. The minimum Gasteiger partial charge on any atom is -0.356 e. The van der Waals surface area contributed by atoms with Crippen molar-refractivity contribution in [3.05, 3.63) is 17.7 Å². The van der Waals surface area contributed by atoms with Gasteiger partial charge in [-0.15, -0.1) is 0 Å². The normalized spacial score (nSPS) is 10.2. The van der Waals surface area contributed by atoms with Crippen molar-refractivity contribution < 1.29 is 4.79 Å². The van der Waals surface area contributed by atoms with Gasteiger partial charge in [0.25, 0.3) is 0 Å². The van der Waals surface area contributed by atoms with E-state index >= 15 is 0 Å². The third-order valence-corrected chi connectivity index (χ3v) is 2.30. The second kappa shape index (κ2) is 4.79. The summed E-state index contributed by atoms with van der Waals surface area (Å²) in [5.41, 5.74) is 2.16. The van der Waals surface area contributed by atoms with Gasteiger partial charge in [-0.25, -0.2) is 4.98 Å². The fourth-order valence-electron chi connectivity index (χ4n) is 1.28. The van der Waals surface area contributed by atoms with Crippen LogP contribution >= 0.6 is 0 Å². The van der Waals surface area contributed by atoms with Crippen LogP contribution in [0.2, 0.25) is 0 Å². The predicted octanol–water partition coefficient (Wildman–Crippen LogP) is 1.03. The molecular formula is C10H17N3O. The largest absolute Gasteiger partial charge is 0.356 e. The molecular weight excluding hydrogens is 178 g/mol. The number of aryl methyl sites for hydroxylation is 2. The zero-order valence-electron chi connectivity index (χ0n) is 9.00. The Morgan fingerprint density at radius 1 is 1.57 bits per heavy atom. The van der Waals surface area contributed by atoms with Crippen LogP contribution in [0, 0.1) is 13.8 Å². The summed E-state index contributed by atoms with van der Waals surface area (Å²) in [4.78, 5) is 15.4. The second-order valence-electron chi connectivity index (χ2n) is 3.31. The van der Waals surface area contributed by atoms with E-state index in [1.54, 1.807) is 6.33 Å². The first-order valence-electron chi connectivity index (χ1n) is 4.90. The van der Waals surface area contributed by atoms with Gasteiger partial charge in [-0.05, 0) is 20.8 Å². The van der Waals surface area contributed by atoms with Gasteiger partial charge in [0, 0.05) is 25.2 Å². The average molecular weight is 195 g/mol. The summed E-state index contributed by atoms with van der Waals surface area (Å²) in [6, 6.07) is 0. The van der Waals surface area contributed by atoms with E-state index in [0.717, 1.165) is 11.4 Å². The molecule has 0 aromatic carbocycles. The van der Waals surface area contributed by atoms with Crippen LogP contribution in [0.25, 0.3) is 0 Å². The van der Waals surface area contributed by atoms with Gasteiger partial charge in [0.1, 0.15) is 0 Å². The van der Waals surface area contributed by atoms with Gasteiger partial charge >= 0.3 is 0 Å². The standard InChI is InChI=1S/C10H17N3O/c1-4-11-10(14)5-6-13-7-12-8(2)9(13)3/h7H,4-6H2,1-3H3,(H,11,14). The summed E-state index contributed by atoms with van der Waals surface area (Å²) in [5, 5.41) is 2.77. The van der Waals surface area contributed by atoms with Crippen molar-refractivity contribution in [2.45, 2.75) is 33.7 Å². The van der Waals surface area contributed by atoms with Gasteiger partial charge in [-0.1, -0.05) is 0 Å². The van der Waals surface area contributed by atoms with E-state index in [-0.39, 0.29) is 5.91 Å². The summed E-state index contributed by atoms with van der Waals surface area (Å²) in [6.07, 6.45) is 2.30. The number of carbonyl (C=O) groups is 1. The number of aromatic nitrogens is 2. The van der Waals surface area contributed by atoms with Crippen LogP contribution in [-0.2, 0) is 11.3 Å². The molecule has 0 bridgehead atoms. The Morgan fingerprint density at radius 2 is 2.29 bits per heavy atom. The molecule has 0 aliphatic heterocycles. The predicted molar refractivity (Wildman–Crippen MR) is 55.0 cm³/mol. The van der Waals surface area contributed by atoms with E-state index < -0.39 is 0 Å². The molecule has 0 atom stereocenters. The summed E-state index contributed by atoms with van der Waals surface area (Å²) in [6.45, 7) is 7.31. The van der Waals surface area contributed by atoms with Gasteiger partial charge in [-0.2, -0.15) is 0 Å². The zero-order chi connectivity index (χ0) is 10.6. The SMILES string of the molecule is CCNC(=O)CCn1cnc(C)c1C. The van der Waals surface area contributed by atoms with Crippen molar-refractivity contribution in [1.82, 2.24) is 14.9 Å². The summed E-state index contributed by atoms with van der Waals surface area (Å²) in [7, 11) is 0. The molecule has 1 amide bonds.